The Morgan fingerprint density at radius 1 is 1.26 bits per heavy atom. The van der Waals surface area contributed by atoms with E-state index in [1.807, 2.05) is 12.1 Å². The Morgan fingerprint density at radius 3 is 2.52 bits per heavy atom. The highest BCUT2D eigenvalue weighted by Crippen LogP contribution is 2.31. The van der Waals surface area contributed by atoms with Gasteiger partial charge < -0.3 is 15.0 Å². The molecule has 23 heavy (non-hydrogen) atoms. The zero-order valence-electron chi connectivity index (χ0n) is 13.8. The zero-order valence-corrected chi connectivity index (χ0v) is 15.4. The van der Waals surface area contributed by atoms with Gasteiger partial charge in [0.15, 0.2) is 6.61 Å². The number of hydrogen-bond donors (Lipinski definition) is 1. The molecule has 0 aliphatic heterocycles. The van der Waals surface area contributed by atoms with Crippen molar-refractivity contribution in [3.05, 3.63) is 29.3 Å². The summed E-state index contributed by atoms with van der Waals surface area (Å²) in [5.74, 6) is 0.436. The standard InChI is InChI=1S/C17H25ClN2O2.ClH/c1-20(2)17(10-6-3-7-11-17)13-19-16(21)12-22-15-9-5-4-8-14(15)18;/h4-5,8-9H,3,6-7,10-13H2,1-2H3,(H,19,21);1H. The van der Waals surface area contributed by atoms with E-state index in [-0.39, 0.29) is 30.5 Å². The van der Waals surface area contributed by atoms with Crippen molar-refractivity contribution in [2.24, 2.45) is 0 Å². The number of likely N-dealkylation sites (N-methyl/N-ethyl adjacent to an activating group) is 1. The average molecular weight is 361 g/mol. The number of nitrogens with one attached hydrogen (secondary N) is 1. The molecule has 1 aromatic rings. The van der Waals surface area contributed by atoms with Crippen molar-refractivity contribution in [3.8, 4) is 5.75 Å². The van der Waals surface area contributed by atoms with E-state index in [2.05, 4.69) is 24.3 Å². The largest absolute Gasteiger partial charge is 0.482 e. The van der Waals surface area contributed by atoms with Crippen LogP contribution in [0.5, 0.6) is 5.75 Å². The molecule has 2 rings (SSSR count). The Morgan fingerprint density at radius 2 is 1.91 bits per heavy atom. The third-order valence-corrected chi connectivity index (χ3v) is 4.86. The Hall–Kier alpha value is -0.970. The summed E-state index contributed by atoms with van der Waals surface area (Å²) in [5.41, 5.74) is 0.0816. The van der Waals surface area contributed by atoms with Gasteiger partial charge >= 0.3 is 0 Å². The number of carbonyl (C=O) groups excluding carboxylic acids is 1. The quantitative estimate of drug-likeness (QED) is 0.843. The fraction of sp³-hybridized carbons (Fsp3) is 0.588. The van der Waals surface area contributed by atoms with Crippen LogP contribution < -0.4 is 10.1 Å². The molecule has 0 radical (unpaired) electrons. The number of benzene rings is 1. The predicted molar refractivity (Wildman–Crippen MR) is 96.7 cm³/mol. The first-order valence-corrected chi connectivity index (χ1v) is 8.23. The van der Waals surface area contributed by atoms with E-state index in [0.29, 0.717) is 17.3 Å². The number of carbonyl (C=O) groups is 1. The first-order chi connectivity index (χ1) is 10.5. The molecular formula is C17H26Cl2N2O2. The van der Waals surface area contributed by atoms with Crippen molar-refractivity contribution >= 4 is 29.9 Å². The summed E-state index contributed by atoms with van der Waals surface area (Å²) in [6.07, 6.45) is 6.00. The highest BCUT2D eigenvalue weighted by atomic mass is 35.5. The average Bonchev–Trinajstić information content (AvgIpc) is 2.53. The molecule has 0 heterocycles. The molecule has 1 saturated carbocycles. The number of amides is 1. The van der Waals surface area contributed by atoms with Gasteiger partial charge in [-0.25, -0.2) is 0 Å². The number of nitrogens with zero attached hydrogens (tertiary/aromatic N) is 1. The highest BCUT2D eigenvalue weighted by Gasteiger charge is 2.34. The van der Waals surface area contributed by atoms with E-state index < -0.39 is 0 Å². The normalized spacial score (nSPS) is 16.5. The minimum absolute atomic E-state index is 0. The van der Waals surface area contributed by atoms with E-state index in [4.69, 9.17) is 16.3 Å². The topological polar surface area (TPSA) is 41.6 Å². The number of para-hydroxylation sites is 1. The lowest BCUT2D eigenvalue weighted by molar-refractivity contribution is -0.123. The van der Waals surface area contributed by atoms with E-state index in [9.17, 15) is 4.79 Å². The van der Waals surface area contributed by atoms with Gasteiger partial charge in [-0.2, -0.15) is 0 Å². The molecule has 0 saturated heterocycles. The molecule has 6 heteroatoms. The van der Waals surface area contributed by atoms with E-state index in [0.717, 1.165) is 12.8 Å². The third-order valence-electron chi connectivity index (χ3n) is 4.54. The van der Waals surface area contributed by atoms with Crippen LogP contribution in [-0.4, -0.2) is 43.6 Å². The third kappa shape index (κ3) is 5.55. The lowest BCUT2D eigenvalue weighted by Gasteiger charge is -2.43. The molecule has 1 fully saturated rings. The van der Waals surface area contributed by atoms with Crippen LogP contribution in [0.1, 0.15) is 32.1 Å². The van der Waals surface area contributed by atoms with Gasteiger partial charge in [-0.05, 0) is 39.1 Å². The van der Waals surface area contributed by atoms with Crippen molar-refractivity contribution in [2.75, 3.05) is 27.2 Å². The van der Waals surface area contributed by atoms with Crippen LogP contribution in [0.25, 0.3) is 0 Å². The summed E-state index contributed by atoms with van der Waals surface area (Å²) in [5, 5.41) is 3.54. The summed E-state index contributed by atoms with van der Waals surface area (Å²) >= 11 is 6.01. The highest BCUT2D eigenvalue weighted by molar-refractivity contribution is 6.32. The summed E-state index contributed by atoms with van der Waals surface area (Å²) < 4.78 is 5.47. The monoisotopic (exact) mass is 360 g/mol. The second-order valence-corrected chi connectivity index (χ2v) is 6.58. The van der Waals surface area contributed by atoms with Crippen molar-refractivity contribution in [1.29, 1.82) is 0 Å². The number of ether oxygens (including phenoxy) is 1. The Kier molecular flexibility index (Phi) is 8.17. The molecule has 1 aliphatic rings. The minimum atomic E-state index is -0.105. The van der Waals surface area contributed by atoms with E-state index in [1.54, 1.807) is 12.1 Å². The molecule has 4 nitrogen and oxygen atoms in total. The molecule has 130 valence electrons. The minimum Gasteiger partial charge on any atom is -0.482 e. The van der Waals surface area contributed by atoms with Gasteiger partial charge in [0.1, 0.15) is 5.75 Å². The molecule has 0 atom stereocenters. The van der Waals surface area contributed by atoms with Gasteiger partial charge in [0, 0.05) is 12.1 Å². The van der Waals surface area contributed by atoms with Crippen LogP contribution in [0.4, 0.5) is 0 Å². The van der Waals surface area contributed by atoms with Crippen molar-refractivity contribution in [2.45, 2.75) is 37.6 Å². The number of halogens is 2. The molecule has 1 N–H and O–H groups in total. The smallest absolute Gasteiger partial charge is 0.258 e. The summed E-state index contributed by atoms with van der Waals surface area (Å²) in [6.45, 7) is 0.665. The molecule has 0 bridgehead atoms. The van der Waals surface area contributed by atoms with Crippen LogP contribution >= 0.6 is 24.0 Å². The fourth-order valence-corrected chi connectivity index (χ4v) is 3.20. The van der Waals surface area contributed by atoms with Gasteiger partial charge in [-0.15, -0.1) is 12.4 Å². The van der Waals surface area contributed by atoms with Crippen LogP contribution in [0.2, 0.25) is 5.02 Å². The van der Waals surface area contributed by atoms with Crippen LogP contribution in [0.3, 0.4) is 0 Å². The van der Waals surface area contributed by atoms with Crippen LogP contribution in [-0.2, 0) is 4.79 Å². The fourth-order valence-electron chi connectivity index (χ4n) is 3.01. The summed E-state index contributed by atoms with van der Waals surface area (Å²) in [7, 11) is 4.19. The predicted octanol–water partition coefficient (Wildman–Crippen LogP) is 3.52. The van der Waals surface area contributed by atoms with E-state index in [1.165, 1.54) is 19.3 Å². The van der Waals surface area contributed by atoms with Gasteiger partial charge in [0.25, 0.3) is 5.91 Å². The van der Waals surface area contributed by atoms with Crippen molar-refractivity contribution < 1.29 is 9.53 Å². The SMILES string of the molecule is CN(C)C1(CNC(=O)COc2ccccc2Cl)CCCCC1.Cl. The van der Waals surface area contributed by atoms with Gasteiger partial charge in [-0.3, -0.25) is 4.79 Å². The first kappa shape index (κ1) is 20.1. The molecule has 1 aromatic carbocycles. The Labute approximate surface area is 149 Å². The lowest BCUT2D eigenvalue weighted by Crippen LogP contribution is -2.54. The van der Waals surface area contributed by atoms with Crippen LogP contribution in [0.15, 0.2) is 24.3 Å². The Balaban J connectivity index is 0.00000264. The zero-order chi connectivity index (χ0) is 16.0. The summed E-state index contributed by atoms with van der Waals surface area (Å²) in [4.78, 5) is 14.3. The van der Waals surface area contributed by atoms with Crippen LogP contribution in [0, 0.1) is 0 Å². The number of hydrogen-bond acceptors (Lipinski definition) is 3. The molecule has 0 spiro atoms. The maximum Gasteiger partial charge on any atom is 0.258 e. The maximum absolute atomic E-state index is 12.0. The number of rotatable bonds is 6. The Bertz CT molecular complexity index is 503. The van der Waals surface area contributed by atoms with Gasteiger partial charge in [0.05, 0.1) is 5.02 Å². The first-order valence-electron chi connectivity index (χ1n) is 7.85. The molecular weight excluding hydrogens is 335 g/mol. The van der Waals surface area contributed by atoms with Gasteiger partial charge in [-0.1, -0.05) is 43.0 Å². The van der Waals surface area contributed by atoms with Crippen molar-refractivity contribution in [3.63, 3.8) is 0 Å². The molecule has 1 amide bonds. The second-order valence-electron chi connectivity index (χ2n) is 6.18. The van der Waals surface area contributed by atoms with E-state index >= 15 is 0 Å². The summed E-state index contributed by atoms with van der Waals surface area (Å²) in [6, 6.07) is 7.18. The molecule has 0 aromatic heterocycles. The lowest BCUT2D eigenvalue weighted by atomic mass is 9.80. The molecule has 1 aliphatic carbocycles. The van der Waals surface area contributed by atoms with Crippen molar-refractivity contribution in [1.82, 2.24) is 10.2 Å². The maximum atomic E-state index is 12.0. The van der Waals surface area contributed by atoms with Gasteiger partial charge in [0.2, 0.25) is 0 Å². The molecule has 0 unspecified atom stereocenters. The second kappa shape index (κ2) is 9.36.